The Morgan fingerprint density at radius 2 is 0.571 bits per heavy atom. The van der Waals surface area contributed by atoms with Gasteiger partial charge in [-0.3, -0.25) is 0 Å². The number of benzene rings is 7. The van der Waals surface area contributed by atoms with Crippen LogP contribution in [0.4, 0.5) is 11.4 Å². The summed E-state index contributed by atoms with van der Waals surface area (Å²) in [5, 5.41) is 23.3. The second-order valence-corrected chi connectivity index (χ2v) is 14.1. The van der Waals surface area contributed by atoms with Crippen LogP contribution in [0, 0.1) is 0 Å². The highest BCUT2D eigenvalue weighted by atomic mass is 16.3. The summed E-state index contributed by atoms with van der Waals surface area (Å²) in [6.07, 6.45) is 17.5. The van der Waals surface area contributed by atoms with E-state index in [0.29, 0.717) is 13.1 Å². The molecule has 7 rings (SSSR count). The van der Waals surface area contributed by atoms with Crippen LogP contribution in [0.3, 0.4) is 0 Å². The largest absolute Gasteiger partial charge is 0.395 e. The van der Waals surface area contributed by atoms with Gasteiger partial charge >= 0.3 is 0 Å². The highest BCUT2D eigenvalue weighted by molar-refractivity contribution is 6.14. The maximum absolute atomic E-state index is 9.21. The first kappa shape index (κ1) is 37.8. The van der Waals surface area contributed by atoms with Crippen molar-refractivity contribution in [3.05, 3.63) is 190 Å². The number of hydrogen-bond donors (Lipinski definition) is 2. The number of aliphatic hydroxyl groups excluding tert-OH is 2. The zero-order valence-corrected chi connectivity index (χ0v) is 32.1. The van der Waals surface area contributed by atoms with Gasteiger partial charge in [-0.2, -0.15) is 0 Å². The molecule has 0 saturated heterocycles. The molecule has 7 aromatic carbocycles. The minimum Gasteiger partial charge on any atom is -0.395 e. The lowest BCUT2D eigenvalue weighted by molar-refractivity contribution is 0.304. The highest BCUT2D eigenvalue weighted by Gasteiger charge is 2.11. The Hall–Kier alpha value is -6.46. The fourth-order valence-corrected chi connectivity index (χ4v) is 6.97. The van der Waals surface area contributed by atoms with Gasteiger partial charge in [0.2, 0.25) is 0 Å². The Labute approximate surface area is 330 Å². The van der Waals surface area contributed by atoms with E-state index < -0.39 is 0 Å². The van der Waals surface area contributed by atoms with Crippen LogP contribution >= 0.6 is 0 Å². The van der Waals surface area contributed by atoms with Crippen LogP contribution in [0.25, 0.3) is 70.2 Å². The van der Waals surface area contributed by atoms with Gasteiger partial charge < -0.3 is 20.0 Å². The summed E-state index contributed by atoms with van der Waals surface area (Å²) < 4.78 is 0. The van der Waals surface area contributed by atoms with E-state index in [9.17, 15) is 10.2 Å². The van der Waals surface area contributed by atoms with Gasteiger partial charge in [0.15, 0.2) is 0 Å². The van der Waals surface area contributed by atoms with E-state index >= 15 is 0 Å². The summed E-state index contributed by atoms with van der Waals surface area (Å²) in [6, 6.07) is 51.5. The molecule has 0 aromatic heterocycles. The molecular weight excluding hydrogens is 685 g/mol. The number of anilines is 2. The molecule has 0 aliphatic rings. The summed E-state index contributed by atoms with van der Waals surface area (Å²) in [4.78, 5) is 4.09. The van der Waals surface area contributed by atoms with Crippen LogP contribution in [-0.4, -0.2) is 50.6 Å². The number of hydrogen-bond acceptors (Lipinski definition) is 4. The van der Waals surface area contributed by atoms with Gasteiger partial charge in [-0.15, -0.1) is 0 Å². The lowest BCUT2D eigenvalue weighted by atomic mass is 9.90. The molecule has 278 valence electrons. The minimum absolute atomic E-state index is 0.140. The van der Waals surface area contributed by atoms with E-state index in [1.54, 1.807) is 0 Å². The van der Waals surface area contributed by atoms with Crippen LogP contribution in [0.1, 0.15) is 44.5 Å². The van der Waals surface area contributed by atoms with Crippen LogP contribution in [0.15, 0.2) is 146 Å². The van der Waals surface area contributed by atoms with Crippen LogP contribution in [-0.2, 0) is 0 Å². The maximum atomic E-state index is 9.21. The van der Waals surface area contributed by atoms with E-state index in [0.717, 1.165) is 44.8 Å². The molecule has 7 aromatic rings. The quantitative estimate of drug-likeness (QED) is 0.0863. The average Bonchev–Trinajstić information content (AvgIpc) is 3.24. The van der Waals surface area contributed by atoms with E-state index in [4.69, 9.17) is 0 Å². The minimum atomic E-state index is 0.140. The van der Waals surface area contributed by atoms with Crippen molar-refractivity contribution >= 4 is 81.5 Å². The zero-order chi connectivity index (χ0) is 38.7. The molecule has 4 heteroatoms. The van der Waals surface area contributed by atoms with Gasteiger partial charge in [0, 0.05) is 38.6 Å². The van der Waals surface area contributed by atoms with Crippen LogP contribution in [0.2, 0.25) is 0 Å². The van der Waals surface area contributed by atoms with Crippen molar-refractivity contribution in [2.45, 2.75) is 0 Å². The van der Waals surface area contributed by atoms with Crippen molar-refractivity contribution in [2.24, 2.45) is 0 Å². The molecule has 56 heavy (non-hydrogen) atoms. The lowest BCUT2D eigenvalue weighted by Crippen LogP contribution is -2.20. The molecule has 0 unspecified atom stereocenters. The predicted molar refractivity (Wildman–Crippen MR) is 244 cm³/mol. The second-order valence-electron chi connectivity index (χ2n) is 14.1. The van der Waals surface area contributed by atoms with Crippen molar-refractivity contribution in [1.29, 1.82) is 0 Å². The normalized spacial score (nSPS) is 11.9. The van der Waals surface area contributed by atoms with Gasteiger partial charge in [0.1, 0.15) is 0 Å². The third kappa shape index (κ3) is 9.24. The van der Waals surface area contributed by atoms with Gasteiger partial charge in [-0.1, -0.05) is 170 Å². The second kappa shape index (κ2) is 18.2. The molecule has 0 radical (unpaired) electrons. The Morgan fingerprint density at radius 1 is 0.339 bits per heavy atom. The number of rotatable bonds is 14. The van der Waals surface area contributed by atoms with Crippen molar-refractivity contribution in [3.63, 3.8) is 0 Å². The first-order chi connectivity index (χ1) is 27.5. The van der Waals surface area contributed by atoms with Crippen molar-refractivity contribution in [2.75, 3.05) is 50.2 Å². The van der Waals surface area contributed by atoms with Gasteiger partial charge in [0.05, 0.1) is 13.2 Å². The topological polar surface area (TPSA) is 46.9 Å². The standard InChI is InChI=1S/C52H48N2O2/c1-53(35-37-55)45-29-23-43(24-30-45)21-15-39-11-17-41(18-12-39)27-33-51-47-7-3-5-9-49(47)52(50-10-6-4-8-48(50)51)34-28-42-19-13-40(14-20-42)16-22-44-25-31-46(32-26-44)54(2)36-38-56/h3-34,55-56H,35-38H2,1-2H3. The Bertz CT molecular complexity index is 2260. The smallest absolute Gasteiger partial charge is 0.0606 e. The molecule has 4 nitrogen and oxygen atoms in total. The van der Waals surface area contributed by atoms with E-state index in [-0.39, 0.29) is 13.2 Å². The first-order valence-corrected chi connectivity index (χ1v) is 19.2. The highest BCUT2D eigenvalue weighted by Crippen LogP contribution is 2.35. The molecule has 0 spiro atoms. The lowest BCUT2D eigenvalue weighted by Gasteiger charge is -2.17. The molecule has 0 atom stereocenters. The van der Waals surface area contributed by atoms with Crippen molar-refractivity contribution < 1.29 is 10.2 Å². The summed E-state index contributed by atoms with van der Waals surface area (Å²) in [5.41, 5.74) is 11.5. The van der Waals surface area contributed by atoms with Gasteiger partial charge in [0.25, 0.3) is 0 Å². The first-order valence-electron chi connectivity index (χ1n) is 19.2. The Kier molecular flexibility index (Phi) is 12.3. The van der Waals surface area contributed by atoms with Gasteiger partial charge in [-0.25, -0.2) is 0 Å². The van der Waals surface area contributed by atoms with E-state index in [1.165, 1.54) is 32.7 Å². The van der Waals surface area contributed by atoms with Crippen LogP contribution in [0.5, 0.6) is 0 Å². The molecule has 0 aliphatic heterocycles. The third-order valence-electron chi connectivity index (χ3n) is 10.2. The molecule has 0 bridgehead atoms. The molecule has 0 heterocycles. The predicted octanol–water partition coefficient (Wildman–Crippen LogP) is 11.5. The molecule has 0 amide bonds. The van der Waals surface area contributed by atoms with E-state index in [1.807, 2.05) is 23.9 Å². The Balaban J connectivity index is 1.08. The number of nitrogens with zero attached hydrogens (tertiary/aromatic N) is 2. The third-order valence-corrected chi connectivity index (χ3v) is 10.2. The molecule has 0 saturated carbocycles. The maximum Gasteiger partial charge on any atom is 0.0606 e. The Morgan fingerprint density at radius 3 is 0.821 bits per heavy atom. The summed E-state index contributed by atoms with van der Waals surface area (Å²) in [6.45, 7) is 1.51. The summed E-state index contributed by atoms with van der Waals surface area (Å²) in [5.74, 6) is 0. The van der Waals surface area contributed by atoms with Crippen LogP contribution < -0.4 is 9.80 Å². The molecule has 2 N–H and O–H groups in total. The summed E-state index contributed by atoms with van der Waals surface area (Å²) in [7, 11) is 3.97. The zero-order valence-electron chi connectivity index (χ0n) is 32.1. The fourth-order valence-electron chi connectivity index (χ4n) is 6.97. The molecule has 0 aliphatic carbocycles. The van der Waals surface area contributed by atoms with Crippen molar-refractivity contribution in [3.8, 4) is 0 Å². The SMILES string of the molecule is CN(CCO)c1ccc(C=Cc2ccc(C=Cc3c4ccccc4c(C=Cc4ccc(C=Cc5ccc(N(C)CCO)cc5)cc4)c4ccccc34)cc2)cc1. The number of fused-ring (bicyclic) bond motifs is 2. The fraction of sp³-hybridized carbons (Fsp3) is 0.115. The molecule has 0 fully saturated rings. The van der Waals surface area contributed by atoms with Gasteiger partial charge in [-0.05, 0) is 90.3 Å². The molecular formula is C52H48N2O2. The monoisotopic (exact) mass is 732 g/mol. The average molecular weight is 733 g/mol. The van der Waals surface area contributed by atoms with E-state index in [2.05, 4.69) is 194 Å². The summed E-state index contributed by atoms with van der Waals surface area (Å²) >= 11 is 0. The number of likely N-dealkylation sites (N-methyl/N-ethyl adjacent to an activating group) is 2. The number of aliphatic hydroxyl groups is 2. The van der Waals surface area contributed by atoms with Crippen molar-refractivity contribution in [1.82, 2.24) is 0 Å².